The van der Waals surface area contributed by atoms with E-state index >= 15 is 0 Å². The standard InChI is InChI=1S/C19H16Cl2/c20-17-7-6-14(10-18(17)21)16-12-19(8-9-19)11-15(16)13-4-2-1-3-5-13/h1-7,10H,8-9,11-12H2. The van der Waals surface area contributed by atoms with Gasteiger partial charge in [0.15, 0.2) is 0 Å². The highest BCUT2D eigenvalue weighted by atomic mass is 35.5. The molecule has 2 aliphatic rings. The number of halogens is 2. The van der Waals surface area contributed by atoms with Crippen LogP contribution in [0.5, 0.6) is 0 Å². The zero-order valence-electron chi connectivity index (χ0n) is 11.7. The van der Waals surface area contributed by atoms with Crippen molar-refractivity contribution >= 4 is 34.3 Å². The second kappa shape index (κ2) is 4.90. The van der Waals surface area contributed by atoms with Gasteiger partial charge in [-0.1, -0.05) is 59.6 Å². The van der Waals surface area contributed by atoms with Crippen LogP contribution < -0.4 is 0 Å². The molecule has 0 aromatic heterocycles. The van der Waals surface area contributed by atoms with Crippen molar-refractivity contribution in [2.24, 2.45) is 5.41 Å². The first-order valence-electron chi connectivity index (χ1n) is 7.40. The van der Waals surface area contributed by atoms with E-state index in [2.05, 4.69) is 36.4 Å². The lowest BCUT2D eigenvalue weighted by Gasteiger charge is -2.09. The van der Waals surface area contributed by atoms with Crippen molar-refractivity contribution in [2.75, 3.05) is 0 Å². The van der Waals surface area contributed by atoms with Crippen molar-refractivity contribution < 1.29 is 0 Å². The molecule has 0 nitrogen and oxygen atoms in total. The molecule has 1 spiro atoms. The van der Waals surface area contributed by atoms with Crippen molar-refractivity contribution in [3.8, 4) is 0 Å². The molecule has 106 valence electrons. The maximum absolute atomic E-state index is 6.22. The highest BCUT2D eigenvalue weighted by Gasteiger charge is 2.48. The van der Waals surface area contributed by atoms with E-state index in [0.29, 0.717) is 15.5 Å². The Hall–Kier alpha value is -1.24. The average Bonchev–Trinajstić information content (AvgIpc) is 3.14. The molecule has 1 saturated carbocycles. The van der Waals surface area contributed by atoms with E-state index in [-0.39, 0.29) is 0 Å². The van der Waals surface area contributed by atoms with Crippen LogP contribution in [0.3, 0.4) is 0 Å². The van der Waals surface area contributed by atoms with Gasteiger partial charge in [-0.05, 0) is 65.5 Å². The highest BCUT2D eigenvalue weighted by molar-refractivity contribution is 6.42. The molecule has 2 aromatic carbocycles. The van der Waals surface area contributed by atoms with Crippen LogP contribution in [0.25, 0.3) is 11.1 Å². The Morgan fingerprint density at radius 3 is 2.00 bits per heavy atom. The van der Waals surface area contributed by atoms with Crippen molar-refractivity contribution in [1.82, 2.24) is 0 Å². The van der Waals surface area contributed by atoms with Crippen LogP contribution in [0.4, 0.5) is 0 Å². The number of hydrogen-bond acceptors (Lipinski definition) is 0. The van der Waals surface area contributed by atoms with Gasteiger partial charge in [0.25, 0.3) is 0 Å². The van der Waals surface area contributed by atoms with E-state index in [1.807, 2.05) is 12.1 Å². The minimum absolute atomic E-state index is 0.534. The van der Waals surface area contributed by atoms with Crippen LogP contribution >= 0.6 is 23.2 Å². The Morgan fingerprint density at radius 1 is 0.714 bits per heavy atom. The molecule has 0 radical (unpaired) electrons. The molecule has 21 heavy (non-hydrogen) atoms. The maximum Gasteiger partial charge on any atom is 0.0598 e. The smallest absolute Gasteiger partial charge is 0.0598 e. The Balaban J connectivity index is 1.83. The molecular formula is C19H16Cl2. The minimum atomic E-state index is 0.534. The summed E-state index contributed by atoms with van der Waals surface area (Å²) in [6, 6.07) is 16.8. The number of benzene rings is 2. The second-order valence-corrected chi connectivity index (χ2v) is 7.12. The summed E-state index contributed by atoms with van der Waals surface area (Å²) in [5, 5.41) is 1.27. The fourth-order valence-electron chi connectivity index (χ4n) is 3.43. The van der Waals surface area contributed by atoms with Gasteiger partial charge in [-0.2, -0.15) is 0 Å². The summed E-state index contributed by atoms with van der Waals surface area (Å²) < 4.78 is 0. The normalized spacial score (nSPS) is 19.3. The summed E-state index contributed by atoms with van der Waals surface area (Å²) in [6.45, 7) is 0. The van der Waals surface area contributed by atoms with Gasteiger partial charge in [-0.25, -0.2) is 0 Å². The van der Waals surface area contributed by atoms with Gasteiger partial charge >= 0.3 is 0 Å². The van der Waals surface area contributed by atoms with Gasteiger partial charge in [0.2, 0.25) is 0 Å². The summed E-state index contributed by atoms with van der Waals surface area (Å²) in [4.78, 5) is 0. The van der Waals surface area contributed by atoms with Crippen molar-refractivity contribution in [2.45, 2.75) is 25.7 Å². The molecular weight excluding hydrogens is 299 g/mol. The monoisotopic (exact) mass is 314 g/mol. The maximum atomic E-state index is 6.22. The topological polar surface area (TPSA) is 0 Å². The minimum Gasteiger partial charge on any atom is -0.0827 e. The summed E-state index contributed by atoms with van der Waals surface area (Å²) in [5.74, 6) is 0. The van der Waals surface area contributed by atoms with Crippen molar-refractivity contribution in [3.05, 3.63) is 69.7 Å². The van der Waals surface area contributed by atoms with E-state index in [4.69, 9.17) is 23.2 Å². The zero-order chi connectivity index (χ0) is 14.4. The summed E-state index contributed by atoms with van der Waals surface area (Å²) in [6.07, 6.45) is 5.09. The van der Waals surface area contributed by atoms with Gasteiger partial charge in [0.1, 0.15) is 0 Å². The van der Waals surface area contributed by atoms with Crippen molar-refractivity contribution in [3.63, 3.8) is 0 Å². The third-order valence-electron chi connectivity index (χ3n) is 4.82. The predicted molar refractivity (Wildman–Crippen MR) is 90.6 cm³/mol. The van der Waals surface area contributed by atoms with E-state index in [1.165, 1.54) is 48.0 Å². The lowest BCUT2D eigenvalue weighted by atomic mass is 9.97. The predicted octanol–water partition coefficient (Wildman–Crippen LogP) is 6.48. The zero-order valence-corrected chi connectivity index (χ0v) is 13.2. The first-order valence-corrected chi connectivity index (χ1v) is 8.15. The quantitative estimate of drug-likeness (QED) is 0.595. The average molecular weight is 315 g/mol. The molecule has 2 aromatic rings. The van der Waals surface area contributed by atoms with E-state index in [9.17, 15) is 0 Å². The largest absolute Gasteiger partial charge is 0.0827 e. The fraction of sp³-hybridized carbons (Fsp3) is 0.263. The van der Waals surface area contributed by atoms with Crippen molar-refractivity contribution in [1.29, 1.82) is 0 Å². The van der Waals surface area contributed by atoms with E-state index in [0.717, 1.165) is 0 Å². The fourth-order valence-corrected chi connectivity index (χ4v) is 3.73. The molecule has 4 rings (SSSR count). The highest BCUT2D eigenvalue weighted by Crippen LogP contribution is 2.63. The van der Waals surface area contributed by atoms with Gasteiger partial charge in [-0.3, -0.25) is 0 Å². The molecule has 0 unspecified atom stereocenters. The van der Waals surface area contributed by atoms with Crippen LogP contribution in [0.15, 0.2) is 48.5 Å². The lowest BCUT2D eigenvalue weighted by Crippen LogP contribution is -1.92. The van der Waals surface area contributed by atoms with Gasteiger partial charge in [-0.15, -0.1) is 0 Å². The number of rotatable bonds is 2. The van der Waals surface area contributed by atoms with Crippen LogP contribution in [0.1, 0.15) is 36.8 Å². The van der Waals surface area contributed by atoms with Gasteiger partial charge < -0.3 is 0 Å². The molecule has 0 heterocycles. The second-order valence-electron chi connectivity index (χ2n) is 6.31. The number of hydrogen-bond donors (Lipinski definition) is 0. The Morgan fingerprint density at radius 2 is 1.38 bits per heavy atom. The summed E-state index contributed by atoms with van der Waals surface area (Å²) >= 11 is 12.3. The molecule has 2 heteroatoms. The number of allylic oxidation sites excluding steroid dienone is 2. The van der Waals surface area contributed by atoms with Crippen LogP contribution in [0, 0.1) is 5.41 Å². The molecule has 0 N–H and O–H groups in total. The van der Waals surface area contributed by atoms with Crippen LogP contribution in [-0.4, -0.2) is 0 Å². The SMILES string of the molecule is Clc1ccc(C2=C(c3ccccc3)CC3(CC3)C2)cc1Cl. The third-order valence-corrected chi connectivity index (χ3v) is 5.55. The molecule has 2 aliphatic carbocycles. The molecule has 0 aliphatic heterocycles. The molecule has 0 atom stereocenters. The van der Waals surface area contributed by atoms with Crippen LogP contribution in [-0.2, 0) is 0 Å². The molecule has 0 saturated heterocycles. The molecule has 0 amide bonds. The summed E-state index contributed by atoms with van der Waals surface area (Å²) in [7, 11) is 0. The first-order chi connectivity index (χ1) is 10.2. The molecule has 0 bridgehead atoms. The summed E-state index contributed by atoms with van der Waals surface area (Å²) in [5.41, 5.74) is 6.06. The van der Waals surface area contributed by atoms with Gasteiger partial charge in [0.05, 0.1) is 10.0 Å². The van der Waals surface area contributed by atoms with E-state index < -0.39 is 0 Å². The first kappa shape index (κ1) is 13.4. The van der Waals surface area contributed by atoms with E-state index in [1.54, 1.807) is 0 Å². The Kier molecular flexibility index (Phi) is 3.13. The lowest BCUT2D eigenvalue weighted by molar-refractivity contribution is 0.568. The van der Waals surface area contributed by atoms with Gasteiger partial charge in [0, 0.05) is 0 Å². The molecule has 1 fully saturated rings. The Bertz CT molecular complexity index is 724. The Labute approximate surface area is 135 Å². The van der Waals surface area contributed by atoms with Crippen LogP contribution in [0.2, 0.25) is 10.0 Å². The third kappa shape index (κ3) is 2.41.